The Morgan fingerprint density at radius 1 is 0.396 bits per heavy atom. The molecule has 0 aliphatic rings. The monoisotopic (exact) mass is 689 g/mol. The molecule has 0 atom stereocenters. The molecule has 0 saturated carbocycles. The molecule has 0 aliphatic carbocycles. The molecule has 48 heavy (non-hydrogen) atoms. The number of ether oxygens (including phenoxy) is 1. The Labute approximate surface area is 292 Å². The lowest BCUT2D eigenvalue weighted by molar-refractivity contribution is -0.160. The van der Waals surface area contributed by atoms with Gasteiger partial charge in [-0.1, -0.05) is 149 Å². The van der Waals surface area contributed by atoms with Gasteiger partial charge < -0.3 is 20.1 Å². The minimum absolute atomic E-state index is 0.112. The molecule has 0 fully saturated rings. The highest BCUT2D eigenvalue weighted by atomic mass is 16.6. The first-order chi connectivity index (χ1) is 22.8. The summed E-state index contributed by atoms with van der Waals surface area (Å²) in [5.74, 6) is -3.62. The minimum atomic E-state index is -0.833. The molecule has 0 spiro atoms. The van der Waals surface area contributed by atoms with E-state index in [9.17, 15) is 19.2 Å². The van der Waals surface area contributed by atoms with Gasteiger partial charge in [-0.15, -0.1) is 0 Å². The van der Waals surface area contributed by atoms with Crippen LogP contribution in [0.3, 0.4) is 0 Å². The molecule has 10 heteroatoms. The third kappa shape index (κ3) is 65.8. The van der Waals surface area contributed by atoms with Gasteiger partial charge in [-0.25, -0.2) is 0 Å². The smallest absolute Gasteiger partial charge is 0.320 e. The SMILES string of the molecule is CC(=O)O.CC(=O)O.CCCCCCCC(=O)O.CCCCCCCCCCCC(=O)CC(=O)OC(=O)CCCCCCCCCCC. The molecule has 0 aliphatic heterocycles. The fourth-order valence-corrected chi connectivity index (χ4v) is 4.56. The molecule has 0 heterocycles. The fourth-order valence-electron chi connectivity index (χ4n) is 4.56. The Hall–Kier alpha value is -2.78. The Morgan fingerprint density at radius 3 is 0.979 bits per heavy atom. The lowest BCUT2D eigenvalue weighted by Crippen LogP contribution is -2.15. The predicted molar refractivity (Wildman–Crippen MR) is 192 cm³/mol. The van der Waals surface area contributed by atoms with E-state index in [0.29, 0.717) is 12.8 Å². The number of hydrogen-bond acceptors (Lipinski definition) is 7. The van der Waals surface area contributed by atoms with Crippen molar-refractivity contribution >= 4 is 35.6 Å². The normalized spacial score (nSPS) is 9.85. The molecule has 0 rings (SSSR count). The highest BCUT2D eigenvalue weighted by molar-refractivity contribution is 5.99. The number of Topliss-reactive ketones (excluding diaryl/α,β-unsaturated/α-hetero) is 1. The second-order valence-corrected chi connectivity index (χ2v) is 12.3. The van der Waals surface area contributed by atoms with E-state index < -0.39 is 29.8 Å². The van der Waals surface area contributed by atoms with E-state index in [4.69, 9.17) is 29.6 Å². The highest BCUT2D eigenvalue weighted by Gasteiger charge is 2.14. The predicted octanol–water partition coefficient (Wildman–Crippen LogP) is 10.5. The van der Waals surface area contributed by atoms with Gasteiger partial charge in [0, 0.05) is 33.1 Å². The molecule has 0 amide bonds. The zero-order chi connectivity index (χ0) is 37.3. The highest BCUT2D eigenvalue weighted by Crippen LogP contribution is 2.13. The Bertz CT molecular complexity index is 721. The van der Waals surface area contributed by atoms with Crippen LogP contribution in [0.15, 0.2) is 0 Å². The first-order valence-electron chi connectivity index (χ1n) is 18.7. The van der Waals surface area contributed by atoms with Gasteiger partial charge in [0.05, 0.1) is 0 Å². The zero-order valence-electron chi connectivity index (χ0n) is 31.3. The molecular weight excluding hydrogens is 616 g/mol. The zero-order valence-corrected chi connectivity index (χ0v) is 31.3. The molecule has 0 aromatic heterocycles. The Morgan fingerprint density at radius 2 is 0.667 bits per heavy atom. The molecule has 284 valence electrons. The van der Waals surface area contributed by atoms with E-state index >= 15 is 0 Å². The minimum Gasteiger partial charge on any atom is -0.481 e. The molecule has 0 radical (unpaired) electrons. The second-order valence-electron chi connectivity index (χ2n) is 12.3. The van der Waals surface area contributed by atoms with Crippen molar-refractivity contribution in [1.82, 2.24) is 0 Å². The van der Waals surface area contributed by atoms with Crippen molar-refractivity contribution in [2.45, 2.75) is 208 Å². The maximum absolute atomic E-state index is 11.9. The van der Waals surface area contributed by atoms with Gasteiger partial charge >= 0.3 is 17.9 Å². The van der Waals surface area contributed by atoms with Gasteiger partial charge in [0.15, 0.2) is 0 Å². The molecule has 0 unspecified atom stereocenters. The van der Waals surface area contributed by atoms with Crippen LogP contribution < -0.4 is 0 Å². The Balaban J connectivity index is -0.000000437. The van der Waals surface area contributed by atoms with Gasteiger partial charge in [-0.2, -0.15) is 0 Å². The van der Waals surface area contributed by atoms with Crippen molar-refractivity contribution in [2.24, 2.45) is 0 Å². The van der Waals surface area contributed by atoms with Crippen LogP contribution in [-0.4, -0.2) is 50.9 Å². The van der Waals surface area contributed by atoms with Crippen LogP contribution in [0.4, 0.5) is 0 Å². The summed E-state index contributed by atoms with van der Waals surface area (Å²) in [6.45, 7) is 8.76. The molecule has 10 nitrogen and oxygen atoms in total. The summed E-state index contributed by atoms with van der Waals surface area (Å²) in [5.41, 5.74) is 0. The molecular formula is C38H72O10. The van der Waals surface area contributed by atoms with Crippen LogP contribution >= 0.6 is 0 Å². The summed E-state index contributed by atoms with van der Waals surface area (Å²) in [4.78, 5) is 63.3. The summed E-state index contributed by atoms with van der Waals surface area (Å²) in [5, 5.41) is 23.1. The quantitative estimate of drug-likeness (QED) is 0.0408. The van der Waals surface area contributed by atoms with Crippen LogP contribution in [0.25, 0.3) is 0 Å². The van der Waals surface area contributed by atoms with Gasteiger partial charge in [0.25, 0.3) is 11.9 Å². The topological polar surface area (TPSA) is 172 Å². The van der Waals surface area contributed by atoms with E-state index in [2.05, 4.69) is 20.8 Å². The Kier molecular flexibility index (Phi) is 47.9. The van der Waals surface area contributed by atoms with Gasteiger partial charge in [-0.05, 0) is 19.3 Å². The van der Waals surface area contributed by atoms with Crippen molar-refractivity contribution in [1.29, 1.82) is 0 Å². The van der Waals surface area contributed by atoms with Crippen LogP contribution in [0.1, 0.15) is 208 Å². The first kappa shape index (κ1) is 52.0. The lowest BCUT2D eigenvalue weighted by Gasteiger charge is -2.04. The van der Waals surface area contributed by atoms with Crippen molar-refractivity contribution in [3.8, 4) is 0 Å². The van der Waals surface area contributed by atoms with E-state index in [1.54, 1.807) is 0 Å². The average Bonchev–Trinajstić information content (AvgIpc) is 2.99. The largest absolute Gasteiger partial charge is 0.481 e. The number of carboxylic acids is 3. The van der Waals surface area contributed by atoms with Gasteiger partial charge in [-0.3, -0.25) is 28.8 Å². The maximum atomic E-state index is 11.9. The van der Waals surface area contributed by atoms with E-state index in [1.807, 2.05) is 0 Å². The number of hydrogen-bond donors (Lipinski definition) is 3. The fraction of sp³-hybridized carbons (Fsp3) is 0.842. The number of aliphatic carboxylic acids is 3. The number of ketones is 1. The van der Waals surface area contributed by atoms with Gasteiger partial charge in [0.2, 0.25) is 0 Å². The summed E-state index contributed by atoms with van der Waals surface area (Å²) in [7, 11) is 0. The number of carboxylic acid groups (broad SMARTS) is 3. The van der Waals surface area contributed by atoms with Crippen LogP contribution in [0.5, 0.6) is 0 Å². The number of rotatable bonds is 28. The van der Waals surface area contributed by atoms with Crippen LogP contribution in [-0.2, 0) is 33.5 Å². The first-order valence-corrected chi connectivity index (χ1v) is 18.7. The van der Waals surface area contributed by atoms with Gasteiger partial charge in [0.1, 0.15) is 12.2 Å². The summed E-state index contributed by atoms with van der Waals surface area (Å²) in [6.07, 6.45) is 27.6. The number of carbonyl (C=O) groups excluding carboxylic acids is 3. The molecule has 3 N–H and O–H groups in total. The van der Waals surface area contributed by atoms with E-state index in [-0.39, 0.29) is 18.6 Å². The average molecular weight is 689 g/mol. The van der Waals surface area contributed by atoms with Crippen molar-refractivity contribution in [2.75, 3.05) is 0 Å². The lowest BCUT2D eigenvalue weighted by atomic mass is 10.0. The molecule has 0 aromatic carbocycles. The standard InChI is InChI=1S/C26H48O4.C8H16O2.2C2H4O2/c1-3-5-7-9-11-13-15-17-19-21-24(27)23-26(29)30-25(28)22-20-18-16-14-12-10-8-6-4-2;1-2-3-4-5-6-7-8(9)10;2*1-2(3)4/h3-23H2,1-2H3;2-7H2,1H3,(H,9,10);2*1H3,(H,3,4). The molecule has 0 bridgehead atoms. The van der Waals surface area contributed by atoms with Crippen molar-refractivity contribution in [3.63, 3.8) is 0 Å². The second kappa shape index (κ2) is 44.2. The number of unbranched alkanes of at least 4 members (excludes halogenated alkanes) is 20. The van der Waals surface area contributed by atoms with E-state index in [0.717, 1.165) is 65.2 Å². The maximum Gasteiger partial charge on any atom is 0.320 e. The summed E-state index contributed by atoms with van der Waals surface area (Å²) >= 11 is 0. The number of esters is 2. The molecule has 0 saturated heterocycles. The summed E-state index contributed by atoms with van der Waals surface area (Å²) < 4.78 is 4.79. The van der Waals surface area contributed by atoms with Crippen LogP contribution in [0, 0.1) is 0 Å². The third-order valence-corrected chi connectivity index (χ3v) is 7.11. The van der Waals surface area contributed by atoms with E-state index in [1.165, 1.54) is 96.3 Å². The number of carbonyl (C=O) groups is 6. The van der Waals surface area contributed by atoms with Crippen LogP contribution in [0.2, 0.25) is 0 Å². The van der Waals surface area contributed by atoms with Crippen molar-refractivity contribution < 1.29 is 48.8 Å². The third-order valence-electron chi connectivity index (χ3n) is 7.11. The molecule has 0 aromatic rings. The van der Waals surface area contributed by atoms with Crippen molar-refractivity contribution in [3.05, 3.63) is 0 Å². The summed E-state index contributed by atoms with van der Waals surface area (Å²) in [6, 6.07) is 0.